The molecule has 0 fully saturated rings. The van der Waals surface area contributed by atoms with E-state index in [0.29, 0.717) is 36.4 Å². The van der Waals surface area contributed by atoms with Crippen molar-refractivity contribution in [3.63, 3.8) is 0 Å². The maximum atomic E-state index is 14.7. The van der Waals surface area contributed by atoms with Gasteiger partial charge in [-0.2, -0.15) is 21.0 Å². The monoisotopic (exact) mass is 1200 g/mol. The van der Waals surface area contributed by atoms with E-state index in [4.69, 9.17) is 27.4 Å². The standard InChI is InChI=1S/C76H67N9O6/c1-74(2)39-59(62(45-77)66(42-74)83(53-27-15-9-16-28-53)54-29-17-10-18-30-54)64(47-79)71(86)89-49-52(50-90-72(87)65(48-80)60-40-75(3,4)43-67(63(60)46-78)84(55-31-19-11-20-32-55)56-33-21-12-22-34-56)51-91-73(88)70(82-8)61-41-76(5,6)44-68(69(61)81-7)85(57-35-23-13-24-36-57)58-37-25-14-26-38-58/h9-38,52H,39-44,49-51H2,1-6H3/b64-59+,65-60+,70-61-. The number of para-hydroxylation sites is 6. The third kappa shape index (κ3) is 14.6. The summed E-state index contributed by atoms with van der Waals surface area (Å²) < 4.78 is 17.9. The average molecular weight is 1200 g/mol. The van der Waals surface area contributed by atoms with Gasteiger partial charge in [0.25, 0.3) is 5.70 Å². The molecule has 3 aliphatic carbocycles. The molecule has 0 radical (unpaired) electrons. The summed E-state index contributed by atoms with van der Waals surface area (Å²) in [6.45, 7) is 27.0. The van der Waals surface area contributed by atoms with Crippen LogP contribution in [0.3, 0.4) is 0 Å². The van der Waals surface area contributed by atoms with Gasteiger partial charge < -0.3 is 28.9 Å². The van der Waals surface area contributed by atoms with Crippen molar-refractivity contribution >= 4 is 52.0 Å². The molecular weight excluding hydrogens is 1130 g/mol. The summed E-state index contributed by atoms with van der Waals surface area (Å²) in [5.74, 6) is -4.52. The largest absolute Gasteiger partial charge is 0.470 e. The molecule has 0 aliphatic heterocycles. The number of nitriles is 4. The van der Waals surface area contributed by atoms with Gasteiger partial charge in [-0.3, -0.25) is 4.79 Å². The normalized spacial score (nSPS) is 17.2. The number of nitrogens with zero attached hydrogens (tertiary/aromatic N) is 9. The third-order valence-corrected chi connectivity index (χ3v) is 16.1. The van der Waals surface area contributed by atoms with Gasteiger partial charge >= 0.3 is 17.9 Å². The van der Waals surface area contributed by atoms with E-state index in [9.17, 15) is 35.4 Å². The fourth-order valence-electron chi connectivity index (χ4n) is 12.1. The number of rotatable bonds is 18. The second kappa shape index (κ2) is 28.1. The first-order valence-corrected chi connectivity index (χ1v) is 29.8. The van der Waals surface area contributed by atoms with Gasteiger partial charge in [0.15, 0.2) is 5.70 Å². The van der Waals surface area contributed by atoms with Crippen molar-refractivity contribution in [2.24, 2.45) is 22.2 Å². The van der Waals surface area contributed by atoms with E-state index < -0.39 is 76.7 Å². The van der Waals surface area contributed by atoms with Crippen LogP contribution in [0.15, 0.2) is 249 Å². The first kappa shape index (κ1) is 64.0. The van der Waals surface area contributed by atoms with Crippen LogP contribution in [0, 0.1) is 80.6 Å². The minimum Gasteiger partial charge on any atom is -0.470 e. The summed E-state index contributed by atoms with van der Waals surface area (Å²) in [5, 5.41) is 44.0. The molecule has 452 valence electrons. The second-order valence-corrected chi connectivity index (χ2v) is 24.9. The predicted molar refractivity (Wildman–Crippen MR) is 348 cm³/mol. The molecular formula is C76H67N9O6. The number of allylic oxidation sites excluding steroid dienone is 8. The van der Waals surface area contributed by atoms with Crippen LogP contribution in [0.1, 0.15) is 80.1 Å². The lowest BCUT2D eigenvalue weighted by molar-refractivity contribution is -0.148. The van der Waals surface area contributed by atoms with Gasteiger partial charge in [0, 0.05) is 51.2 Å². The van der Waals surface area contributed by atoms with Crippen LogP contribution >= 0.6 is 0 Å². The van der Waals surface area contributed by atoms with Crippen molar-refractivity contribution in [3.05, 3.63) is 272 Å². The lowest BCUT2D eigenvalue weighted by Crippen LogP contribution is -2.31. The number of hydrogen-bond acceptors (Lipinski definition) is 13. The molecule has 0 aromatic heterocycles. The highest BCUT2D eigenvalue weighted by molar-refractivity contribution is 5.97. The molecule has 6 aromatic carbocycles. The highest BCUT2D eigenvalue weighted by atomic mass is 16.6. The van der Waals surface area contributed by atoms with Crippen LogP contribution in [0.25, 0.3) is 9.69 Å². The summed E-state index contributed by atoms with van der Waals surface area (Å²) in [5.41, 5.74) is 3.96. The van der Waals surface area contributed by atoms with Crippen LogP contribution in [0.5, 0.6) is 0 Å². The zero-order chi connectivity index (χ0) is 64.9. The number of carbonyl (C=O) groups excluding carboxylic acids is 3. The van der Waals surface area contributed by atoms with Crippen molar-refractivity contribution in [3.8, 4) is 24.3 Å². The third-order valence-electron chi connectivity index (χ3n) is 16.1. The quantitative estimate of drug-likeness (QED) is 0.0260. The van der Waals surface area contributed by atoms with E-state index >= 15 is 0 Å². The minimum absolute atomic E-state index is 0.106. The summed E-state index contributed by atoms with van der Waals surface area (Å²) in [7, 11) is 0. The molecule has 0 atom stereocenters. The van der Waals surface area contributed by atoms with Crippen LogP contribution < -0.4 is 14.7 Å². The number of anilines is 6. The first-order chi connectivity index (χ1) is 43.8. The molecule has 6 aromatic rings. The predicted octanol–water partition coefficient (Wildman–Crippen LogP) is 16.7. The SMILES string of the molecule is [C-]#[N+]C1=C(N(c2ccccc2)c2ccccc2)CC(C)(C)C/C1=C(/[N+]#[C-])C(=O)OCC(COC(=O)/C(C#N)=C1\CC(C)(C)CC(N(c2ccccc2)c2ccccc2)=C1C#N)COC(=O)/C(C#N)=C1\CC(C)(C)CC(N(c2ccccc2)c2ccccc2)=C1C#N. The first-order valence-electron chi connectivity index (χ1n) is 29.8. The van der Waals surface area contributed by atoms with Gasteiger partial charge in [-0.1, -0.05) is 151 Å². The Morgan fingerprint density at radius 2 is 0.703 bits per heavy atom. The Labute approximate surface area is 532 Å². The van der Waals surface area contributed by atoms with E-state index in [2.05, 4.69) is 21.8 Å². The van der Waals surface area contributed by atoms with Crippen LogP contribution in [0.4, 0.5) is 34.1 Å². The maximum Gasteiger partial charge on any atom is 0.349 e. The topological polar surface area (TPSA) is 192 Å². The highest BCUT2D eigenvalue weighted by Gasteiger charge is 2.41. The van der Waals surface area contributed by atoms with Gasteiger partial charge in [-0.25, -0.2) is 19.3 Å². The number of carbonyl (C=O) groups is 3. The van der Waals surface area contributed by atoms with Crippen LogP contribution in [0.2, 0.25) is 0 Å². The molecule has 0 heterocycles. The molecule has 0 saturated carbocycles. The van der Waals surface area contributed by atoms with Crippen molar-refractivity contribution < 1.29 is 28.6 Å². The maximum absolute atomic E-state index is 14.7. The summed E-state index contributed by atoms with van der Waals surface area (Å²) in [6.07, 6.45) is 1.65. The number of hydrogen-bond donors (Lipinski definition) is 0. The zero-order valence-corrected chi connectivity index (χ0v) is 51.7. The summed E-state index contributed by atoms with van der Waals surface area (Å²) >= 11 is 0. The molecule has 15 heteroatoms. The van der Waals surface area contributed by atoms with Gasteiger partial charge in [0.2, 0.25) is 0 Å². The van der Waals surface area contributed by atoms with E-state index in [0.717, 1.165) is 34.1 Å². The Kier molecular flexibility index (Phi) is 19.8. The molecule has 91 heavy (non-hydrogen) atoms. The van der Waals surface area contributed by atoms with Gasteiger partial charge in [-0.15, -0.1) is 0 Å². The number of esters is 3. The molecule has 0 amide bonds. The van der Waals surface area contributed by atoms with Crippen molar-refractivity contribution in [2.45, 2.75) is 80.1 Å². The van der Waals surface area contributed by atoms with E-state index in [1.54, 1.807) is 0 Å². The molecule has 0 spiro atoms. The summed E-state index contributed by atoms with van der Waals surface area (Å²) in [4.78, 5) is 57.6. The fraction of sp³-hybridized carbons (Fsp3) is 0.250. The van der Waals surface area contributed by atoms with Crippen molar-refractivity contribution in [2.75, 3.05) is 34.5 Å². The van der Waals surface area contributed by atoms with E-state index in [1.807, 2.05) is 250 Å². The number of benzene rings is 6. The molecule has 9 rings (SSSR count). The zero-order valence-electron chi connectivity index (χ0n) is 51.7. The van der Waals surface area contributed by atoms with Gasteiger partial charge in [0.05, 0.1) is 36.8 Å². The molecule has 0 unspecified atom stereocenters. The van der Waals surface area contributed by atoms with Crippen LogP contribution in [-0.4, -0.2) is 37.7 Å². The van der Waals surface area contributed by atoms with Gasteiger partial charge in [0.1, 0.15) is 48.6 Å². The molecule has 0 bridgehead atoms. The second-order valence-electron chi connectivity index (χ2n) is 24.9. The Morgan fingerprint density at radius 3 is 0.978 bits per heavy atom. The fourth-order valence-corrected chi connectivity index (χ4v) is 12.1. The Balaban J connectivity index is 1.10. The minimum atomic E-state index is -1.21. The molecule has 3 aliphatic rings. The molecule has 15 nitrogen and oxygen atoms in total. The highest BCUT2D eigenvalue weighted by Crippen LogP contribution is 2.51. The van der Waals surface area contributed by atoms with Crippen LogP contribution in [-0.2, 0) is 28.6 Å². The number of ether oxygens (including phenoxy) is 3. The van der Waals surface area contributed by atoms with Crippen molar-refractivity contribution in [1.82, 2.24) is 0 Å². The average Bonchev–Trinajstić information content (AvgIpc) is 0.838. The Hall–Kier alpha value is -11.5. The molecule has 0 saturated heterocycles. The van der Waals surface area contributed by atoms with E-state index in [1.165, 1.54) is 0 Å². The van der Waals surface area contributed by atoms with Gasteiger partial charge in [-0.05, 0) is 144 Å². The smallest absolute Gasteiger partial charge is 0.349 e. The van der Waals surface area contributed by atoms with Crippen molar-refractivity contribution in [1.29, 1.82) is 21.0 Å². The lowest BCUT2D eigenvalue weighted by Gasteiger charge is -2.39. The van der Waals surface area contributed by atoms with E-state index in [-0.39, 0.29) is 52.8 Å². The lowest BCUT2D eigenvalue weighted by atomic mass is 9.72. The Bertz CT molecular complexity index is 3670. The molecule has 0 N–H and O–H groups in total. The summed E-state index contributed by atoms with van der Waals surface area (Å²) in [6, 6.07) is 65.5. The Morgan fingerprint density at radius 1 is 0.429 bits per heavy atom.